The summed E-state index contributed by atoms with van der Waals surface area (Å²) in [7, 11) is 0. The Kier molecular flexibility index (Phi) is 4.19. The minimum Gasteiger partial charge on any atom is -0.472 e. The molecular formula is C17H21NO2. The Hall–Kier alpha value is -1.58. The first-order chi connectivity index (χ1) is 9.88. The van der Waals surface area contributed by atoms with E-state index >= 15 is 0 Å². The second-order valence-electron chi connectivity index (χ2n) is 5.24. The first kappa shape index (κ1) is 13.4. The normalized spacial score (nSPS) is 19.6. The molecule has 0 saturated carbocycles. The van der Waals surface area contributed by atoms with Crippen molar-refractivity contribution in [1.29, 1.82) is 0 Å². The van der Waals surface area contributed by atoms with Crippen LogP contribution in [-0.4, -0.2) is 19.2 Å². The van der Waals surface area contributed by atoms with Crippen LogP contribution in [0, 0.1) is 0 Å². The van der Waals surface area contributed by atoms with Gasteiger partial charge in [0.25, 0.3) is 0 Å². The van der Waals surface area contributed by atoms with Crippen LogP contribution in [0.4, 0.5) is 0 Å². The Balaban J connectivity index is 1.84. The van der Waals surface area contributed by atoms with Gasteiger partial charge >= 0.3 is 0 Å². The third-order valence-corrected chi connectivity index (χ3v) is 3.90. The predicted molar refractivity (Wildman–Crippen MR) is 78.7 cm³/mol. The number of furan rings is 1. The number of fused-ring (bicyclic) bond motifs is 1. The zero-order valence-corrected chi connectivity index (χ0v) is 11.8. The highest BCUT2D eigenvalue weighted by atomic mass is 16.5. The van der Waals surface area contributed by atoms with Gasteiger partial charge in [-0.25, -0.2) is 0 Å². The number of benzene rings is 1. The monoisotopic (exact) mass is 271 g/mol. The number of rotatable bonds is 5. The summed E-state index contributed by atoms with van der Waals surface area (Å²) >= 11 is 0. The smallest absolute Gasteiger partial charge is 0.0983 e. The van der Waals surface area contributed by atoms with Crippen LogP contribution in [0.25, 0.3) is 0 Å². The van der Waals surface area contributed by atoms with Gasteiger partial charge in [0.2, 0.25) is 0 Å². The van der Waals surface area contributed by atoms with Crippen LogP contribution < -0.4 is 5.32 Å². The molecule has 0 bridgehead atoms. The molecule has 2 unspecified atom stereocenters. The predicted octanol–water partition coefficient (Wildman–Crippen LogP) is 3.11. The molecule has 20 heavy (non-hydrogen) atoms. The number of hydrogen-bond acceptors (Lipinski definition) is 3. The van der Waals surface area contributed by atoms with Gasteiger partial charge in [-0.15, -0.1) is 0 Å². The summed E-state index contributed by atoms with van der Waals surface area (Å²) in [4.78, 5) is 0. The van der Waals surface area contributed by atoms with E-state index in [1.165, 1.54) is 16.7 Å². The van der Waals surface area contributed by atoms with Gasteiger partial charge in [0.15, 0.2) is 0 Å². The number of likely N-dealkylation sites (N-methyl/N-ethyl adjacent to an activating group) is 1. The standard InChI is InChI=1S/C17H21NO2/c1-2-18-16(11-13-7-9-19-12-13)17-15-6-4-3-5-14(15)8-10-20-17/h3-7,9,12,16-18H,2,8,10-11H2,1H3. The average Bonchev–Trinajstić information content (AvgIpc) is 2.99. The molecule has 3 heteroatoms. The lowest BCUT2D eigenvalue weighted by Crippen LogP contribution is -2.39. The van der Waals surface area contributed by atoms with Gasteiger partial charge in [-0.2, -0.15) is 0 Å². The van der Waals surface area contributed by atoms with Gasteiger partial charge < -0.3 is 14.5 Å². The van der Waals surface area contributed by atoms with E-state index in [0.29, 0.717) is 0 Å². The molecule has 2 heterocycles. The Morgan fingerprint density at radius 2 is 2.20 bits per heavy atom. The lowest BCUT2D eigenvalue weighted by Gasteiger charge is -2.33. The van der Waals surface area contributed by atoms with Crippen molar-refractivity contribution in [2.75, 3.05) is 13.2 Å². The summed E-state index contributed by atoms with van der Waals surface area (Å²) in [5.74, 6) is 0. The fraction of sp³-hybridized carbons (Fsp3) is 0.412. The van der Waals surface area contributed by atoms with E-state index in [-0.39, 0.29) is 12.1 Å². The van der Waals surface area contributed by atoms with Crippen molar-refractivity contribution in [1.82, 2.24) is 5.32 Å². The van der Waals surface area contributed by atoms with Gasteiger partial charge in [0.1, 0.15) is 0 Å². The van der Waals surface area contributed by atoms with Crippen molar-refractivity contribution in [3.63, 3.8) is 0 Å². The molecule has 0 spiro atoms. The molecule has 3 nitrogen and oxygen atoms in total. The summed E-state index contributed by atoms with van der Waals surface area (Å²) < 4.78 is 11.3. The van der Waals surface area contributed by atoms with Crippen molar-refractivity contribution in [3.8, 4) is 0 Å². The molecule has 0 radical (unpaired) electrons. The average molecular weight is 271 g/mol. The van der Waals surface area contributed by atoms with Crippen molar-refractivity contribution >= 4 is 0 Å². The molecule has 1 aliphatic heterocycles. The van der Waals surface area contributed by atoms with Crippen LogP contribution in [0.5, 0.6) is 0 Å². The van der Waals surface area contributed by atoms with E-state index < -0.39 is 0 Å². The Morgan fingerprint density at radius 3 is 3.00 bits per heavy atom. The topological polar surface area (TPSA) is 34.4 Å². The second kappa shape index (κ2) is 6.25. The van der Waals surface area contributed by atoms with Crippen molar-refractivity contribution < 1.29 is 9.15 Å². The molecule has 1 aromatic heterocycles. The zero-order chi connectivity index (χ0) is 13.8. The summed E-state index contributed by atoms with van der Waals surface area (Å²) in [5.41, 5.74) is 3.95. The summed E-state index contributed by atoms with van der Waals surface area (Å²) in [5, 5.41) is 3.56. The first-order valence-electron chi connectivity index (χ1n) is 7.32. The van der Waals surface area contributed by atoms with Crippen LogP contribution in [0.2, 0.25) is 0 Å². The molecule has 0 aliphatic carbocycles. The van der Waals surface area contributed by atoms with Crippen LogP contribution in [0.1, 0.15) is 29.7 Å². The quantitative estimate of drug-likeness (QED) is 0.907. The van der Waals surface area contributed by atoms with Crippen LogP contribution in [0.3, 0.4) is 0 Å². The highest BCUT2D eigenvalue weighted by molar-refractivity contribution is 5.32. The molecule has 0 fully saturated rings. The molecule has 0 amide bonds. The van der Waals surface area contributed by atoms with Gasteiger partial charge in [-0.3, -0.25) is 0 Å². The Morgan fingerprint density at radius 1 is 1.30 bits per heavy atom. The van der Waals surface area contributed by atoms with Gasteiger partial charge in [-0.05, 0) is 42.1 Å². The fourth-order valence-electron chi connectivity index (χ4n) is 2.97. The molecule has 0 saturated heterocycles. The fourth-order valence-corrected chi connectivity index (χ4v) is 2.97. The van der Waals surface area contributed by atoms with Gasteiger partial charge in [-0.1, -0.05) is 31.2 Å². The number of hydrogen-bond donors (Lipinski definition) is 1. The first-order valence-corrected chi connectivity index (χ1v) is 7.32. The summed E-state index contributed by atoms with van der Waals surface area (Å²) in [6, 6.07) is 10.9. The van der Waals surface area contributed by atoms with Crippen molar-refractivity contribution in [2.45, 2.75) is 31.9 Å². The van der Waals surface area contributed by atoms with Gasteiger partial charge in [0, 0.05) is 6.04 Å². The van der Waals surface area contributed by atoms with E-state index in [9.17, 15) is 0 Å². The number of nitrogens with one attached hydrogen (secondary N) is 1. The lowest BCUT2D eigenvalue weighted by molar-refractivity contribution is 0.0157. The van der Waals surface area contributed by atoms with Crippen LogP contribution >= 0.6 is 0 Å². The minimum absolute atomic E-state index is 0.120. The molecule has 1 aromatic carbocycles. The maximum absolute atomic E-state index is 6.07. The molecule has 1 aliphatic rings. The minimum atomic E-state index is 0.120. The van der Waals surface area contributed by atoms with Gasteiger partial charge in [0.05, 0.1) is 25.2 Å². The molecule has 106 valence electrons. The van der Waals surface area contributed by atoms with E-state index in [0.717, 1.165) is 26.0 Å². The maximum atomic E-state index is 6.07. The Labute approximate surface area is 119 Å². The van der Waals surface area contributed by atoms with E-state index in [1.54, 1.807) is 6.26 Å². The molecule has 3 rings (SSSR count). The van der Waals surface area contributed by atoms with E-state index in [2.05, 4.69) is 36.5 Å². The van der Waals surface area contributed by atoms with Crippen molar-refractivity contribution in [3.05, 3.63) is 59.5 Å². The Bertz CT molecular complexity index is 536. The summed E-state index contributed by atoms with van der Waals surface area (Å²) in [6.07, 6.45) is 5.60. The molecule has 2 aromatic rings. The number of ether oxygens (including phenoxy) is 1. The molecular weight excluding hydrogens is 250 g/mol. The third-order valence-electron chi connectivity index (χ3n) is 3.90. The van der Waals surface area contributed by atoms with Crippen molar-refractivity contribution in [2.24, 2.45) is 0 Å². The van der Waals surface area contributed by atoms with Crippen LogP contribution in [-0.2, 0) is 17.6 Å². The lowest BCUT2D eigenvalue weighted by atomic mass is 9.90. The summed E-state index contributed by atoms with van der Waals surface area (Å²) in [6.45, 7) is 3.87. The largest absolute Gasteiger partial charge is 0.472 e. The third kappa shape index (κ3) is 2.79. The van der Waals surface area contributed by atoms with E-state index in [4.69, 9.17) is 9.15 Å². The zero-order valence-electron chi connectivity index (χ0n) is 11.8. The van der Waals surface area contributed by atoms with E-state index in [1.807, 2.05) is 12.3 Å². The molecule has 2 atom stereocenters. The highest BCUT2D eigenvalue weighted by Gasteiger charge is 2.28. The maximum Gasteiger partial charge on any atom is 0.0983 e. The molecule has 1 N–H and O–H groups in total. The van der Waals surface area contributed by atoms with Crippen LogP contribution in [0.15, 0.2) is 47.3 Å². The SMILES string of the molecule is CCNC(Cc1ccoc1)C1OCCc2ccccc21. The highest BCUT2D eigenvalue weighted by Crippen LogP contribution is 2.31. The second-order valence-corrected chi connectivity index (χ2v) is 5.24.